The molecule has 1 saturated carbocycles. The Balaban J connectivity index is 2.49. The van der Waals surface area contributed by atoms with Gasteiger partial charge in [-0.1, -0.05) is 0 Å². The highest BCUT2D eigenvalue weighted by Crippen LogP contribution is 2.36. The summed E-state index contributed by atoms with van der Waals surface area (Å²) in [6.07, 6.45) is 4.15. The van der Waals surface area contributed by atoms with Gasteiger partial charge in [-0.15, -0.1) is 0 Å². The Morgan fingerprint density at radius 3 is 1.92 bits per heavy atom. The van der Waals surface area contributed by atoms with Crippen LogP contribution in [0, 0.1) is 0 Å². The summed E-state index contributed by atoms with van der Waals surface area (Å²) >= 11 is 0. The zero-order valence-corrected chi connectivity index (χ0v) is 9.80. The Morgan fingerprint density at radius 1 is 1.15 bits per heavy atom. The van der Waals surface area contributed by atoms with Gasteiger partial charge in [0.1, 0.15) is 0 Å². The van der Waals surface area contributed by atoms with Crippen molar-refractivity contribution >= 4 is 0 Å². The monoisotopic (exact) mass is 184 g/mol. The van der Waals surface area contributed by atoms with Crippen molar-refractivity contribution in [1.82, 2.24) is 9.80 Å². The van der Waals surface area contributed by atoms with E-state index in [-0.39, 0.29) is 0 Å². The molecule has 1 aliphatic carbocycles. The first-order valence-electron chi connectivity index (χ1n) is 5.36. The van der Waals surface area contributed by atoms with Gasteiger partial charge >= 0.3 is 0 Å². The molecule has 0 saturated heterocycles. The van der Waals surface area contributed by atoms with Crippen LogP contribution in [0.25, 0.3) is 0 Å². The van der Waals surface area contributed by atoms with E-state index in [9.17, 15) is 0 Å². The average molecular weight is 184 g/mol. The molecule has 0 N–H and O–H groups in total. The van der Waals surface area contributed by atoms with Crippen LogP contribution in [-0.2, 0) is 0 Å². The van der Waals surface area contributed by atoms with E-state index in [0.717, 1.165) is 0 Å². The zero-order chi connectivity index (χ0) is 10.1. The Hall–Kier alpha value is -0.0800. The number of rotatable bonds is 4. The number of hydrogen-bond acceptors (Lipinski definition) is 2. The van der Waals surface area contributed by atoms with Crippen LogP contribution in [0.2, 0.25) is 0 Å². The maximum absolute atomic E-state index is 2.46. The largest absolute Gasteiger partial charge is 0.302 e. The first-order valence-corrected chi connectivity index (χ1v) is 5.36. The topological polar surface area (TPSA) is 6.48 Å². The lowest BCUT2D eigenvalue weighted by atomic mass is 9.75. The summed E-state index contributed by atoms with van der Waals surface area (Å²) in [6.45, 7) is 5.75. The minimum atomic E-state index is 0.485. The van der Waals surface area contributed by atoms with Crippen molar-refractivity contribution in [2.45, 2.75) is 44.7 Å². The molecule has 0 spiro atoms. The van der Waals surface area contributed by atoms with Crippen molar-refractivity contribution in [2.24, 2.45) is 0 Å². The van der Waals surface area contributed by atoms with Crippen molar-refractivity contribution in [3.8, 4) is 0 Å². The van der Waals surface area contributed by atoms with E-state index in [4.69, 9.17) is 0 Å². The normalized spacial score (nSPS) is 21.2. The molecule has 2 heteroatoms. The maximum atomic E-state index is 2.46. The predicted molar refractivity (Wildman–Crippen MR) is 58.0 cm³/mol. The van der Waals surface area contributed by atoms with Crippen LogP contribution in [0.15, 0.2) is 0 Å². The quantitative estimate of drug-likeness (QED) is 0.657. The summed E-state index contributed by atoms with van der Waals surface area (Å²) in [5.74, 6) is 0. The van der Waals surface area contributed by atoms with Gasteiger partial charge in [0.15, 0.2) is 0 Å². The molecule has 2 nitrogen and oxygen atoms in total. The second kappa shape index (κ2) is 3.97. The summed E-state index contributed by atoms with van der Waals surface area (Å²) in [4.78, 5) is 4.87. The van der Waals surface area contributed by atoms with Crippen LogP contribution in [0.3, 0.4) is 0 Å². The lowest BCUT2D eigenvalue weighted by Crippen LogP contribution is -2.57. The second-order valence-electron chi connectivity index (χ2n) is 4.98. The molecule has 0 aliphatic heterocycles. The molecule has 0 heterocycles. The highest BCUT2D eigenvalue weighted by molar-refractivity contribution is 4.98. The third-order valence-electron chi connectivity index (χ3n) is 3.66. The Kier molecular flexibility index (Phi) is 3.36. The fourth-order valence-corrected chi connectivity index (χ4v) is 1.98. The van der Waals surface area contributed by atoms with Crippen LogP contribution < -0.4 is 0 Å². The Labute approximate surface area is 82.9 Å². The number of likely N-dealkylation sites (N-methyl/N-ethyl adjacent to an activating group) is 2. The molecule has 1 aliphatic rings. The van der Waals surface area contributed by atoms with Crippen LogP contribution in [0.1, 0.15) is 33.1 Å². The van der Waals surface area contributed by atoms with Crippen molar-refractivity contribution in [1.29, 1.82) is 0 Å². The molecule has 0 aromatic heterocycles. The Bertz CT molecular complexity index is 159. The van der Waals surface area contributed by atoms with Gasteiger partial charge in [-0.2, -0.15) is 0 Å². The maximum Gasteiger partial charge on any atom is 0.0330 e. The summed E-state index contributed by atoms with van der Waals surface area (Å²) in [6, 6.07) is 0.664. The average Bonchev–Trinajstić information content (AvgIpc) is 1.95. The fourth-order valence-electron chi connectivity index (χ4n) is 1.98. The van der Waals surface area contributed by atoms with Gasteiger partial charge in [-0.3, -0.25) is 0 Å². The van der Waals surface area contributed by atoms with Gasteiger partial charge in [0.05, 0.1) is 0 Å². The summed E-state index contributed by atoms with van der Waals surface area (Å²) in [7, 11) is 6.66. The molecule has 0 unspecified atom stereocenters. The third-order valence-corrected chi connectivity index (χ3v) is 3.66. The van der Waals surface area contributed by atoms with E-state index in [2.05, 4.69) is 44.8 Å². The molecule has 0 aromatic rings. The van der Waals surface area contributed by atoms with Gasteiger partial charge in [0.25, 0.3) is 0 Å². The van der Waals surface area contributed by atoms with Gasteiger partial charge in [-0.25, -0.2) is 0 Å². The molecule has 78 valence electrons. The van der Waals surface area contributed by atoms with Crippen molar-refractivity contribution < 1.29 is 0 Å². The predicted octanol–water partition coefficient (Wildman–Crippen LogP) is 1.81. The molecule has 0 atom stereocenters. The van der Waals surface area contributed by atoms with Gasteiger partial charge in [0, 0.05) is 18.1 Å². The standard InChI is InChI=1S/C11H24N2/c1-10(2)13(5)9-11(12(3)4)7-6-8-11/h10H,6-9H2,1-5H3. The van der Waals surface area contributed by atoms with Gasteiger partial charge in [-0.05, 0) is 54.3 Å². The molecule has 0 bridgehead atoms. The van der Waals surface area contributed by atoms with E-state index >= 15 is 0 Å². The summed E-state index contributed by atoms with van der Waals surface area (Å²) in [5.41, 5.74) is 0.485. The van der Waals surface area contributed by atoms with Crippen molar-refractivity contribution in [3.05, 3.63) is 0 Å². The molecule has 0 amide bonds. The van der Waals surface area contributed by atoms with E-state index in [1.54, 1.807) is 0 Å². The van der Waals surface area contributed by atoms with Crippen LogP contribution in [0.4, 0.5) is 0 Å². The lowest BCUT2D eigenvalue weighted by Gasteiger charge is -2.50. The van der Waals surface area contributed by atoms with E-state index in [0.29, 0.717) is 11.6 Å². The minimum Gasteiger partial charge on any atom is -0.302 e. The highest BCUT2D eigenvalue weighted by atomic mass is 15.2. The third kappa shape index (κ3) is 2.23. The lowest BCUT2D eigenvalue weighted by molar-refractivity contribution is 0.0201. The fraction of sp³-hybridized carbons (Fsp3) is 1.00. The summed E-state index contributed by atoms with van der Waals surface area (Å²) in [5, 5.41) is 0. The molecule has 0 radical (unpaired) electrons. The van der Waals surface area contributed by atoms with E-state index < -0.39 is 0 Å². The molecule has 1 fully saturated rings. The van der Waals surface area contributed by atoms with E-state index in [1.807, 2.05) is 0 Å². The van der Waals surface area contributed by atoms with Crippen molar-refractivity contribution in [2.75, 3.05) is 27.7 Å². The van der Waals surface area contributed by atoms with Gasteiger partial charge < -0.3 is 9.80 Å². The number of hydrogen-bond donors (Lipinski definition) is 0. The molecular weight excluding hydrogens is 160 g/mol. The van der Waals surface area contributed by atoms with Crippen molar-refractivity contribution in [3.63, 3.8) is 0 Å². The molecular formula is C11H24N2. The van der Waals surface area contributed by atoms with Gasteiger partial charge in [0.2, 0.25) is 0 Å². The molecule has 1 rings (SSSR count). The minimum absolute atomic E-state index is 0.485. The Morgan fingerprint density at radius 2 is 1.69 bits per heavy atom. The second-order valence-corrected chi connectivity index (χ2v) is 4.98. The smallest absolute Gasteiger partial charge is 0.0330 e. The van der Waals surface area contributed by atoms with Crippen LogP contribution in [0.5, 0.6) is 0 Å². The number of nitrogens with zero attached hydrogens (tertiary/aromatic N) is 2. The first-order chi connectivity index (χ1) is 5.98. The SMILES string of the molecule is CC(C)N(C)CC1(N(C)C)CCC1. The van der Waals surface area contributed by atoms with Crippen LogP contribution >= 0.6 is 0 Å². The first kappa shape index (κ1) is 11.0. The molecule has 0 aromatic carbocycles. The highest BCUT2D eigenvalue weighted by Gasteiger charge is 2.39. The van der Waals surface area contributed by atoms with Crippen LogP contribution in [-0.4, -0.2) is 49.1 Å². The molecule has 13 heavy (non-hydrogen) atoms. The zero-order valence-electron chi connectivity index (χ0n) is 9.80. The summed E-state index contributed by atoms with van der Waals surface area (Å²) < 4.78 is 0. The van der Waals surface area contributed by atoms with E-state index in [1.165, 1.54) is 25.8 Å².